The Balaban J connectivity index is 2.56. The zero-order valence-corrected chi connectivity index (χ0v) is 11.1. The van der Waals surface area contributed by atoms with Gasteiger partial charge in [-0.1, -0.05) is 12.1 Å². The van der Waals surface area contributed by atoms with Crippen LogP contribution in [0.25, 0.3) is 0 Å². The molecule has 6 nitrogen and oxygen atoms in total. The minimum Gasteiger partial charge on any atom is -0.409 e. The molecule has 1 aliphatic rings. The van der Waals surface area contributed by atoms with Crippen molar-refractivity contribution in [3.63, 3.8) is 0 Å². The molecule has 104 valence electrons. The number of nitrogens with zero attached hydrogens (tertiary/aromatic N) is 2. The smallest absolute Gasteiger partial charge is 0.228 e. The fourth-order valence-electron chi connectivity index (χ4n) is 2.09. The van der Waals surface area contributed by atoms with E-state index in [9.17, 15) is 4.79 Å². The molecule has 18 heavy (non-hydrogen) atoms. The van der Waals surface area contributed by atoms with E-state index in [1.165, 1.54) is 0 Å². The number of carbonyl (C=O) groups is 1. The van der Waals surface area contributed by atoms with Crippen molar-refractivity contribution in [3.05, 3.63) is 0 Å². The first-order valence-corrected chi connectivity index (χ1v) is 6.44. The molecule has 0 radical (unpaired) electrons. The lowest BCUT2D eigenvalue weighted by molar-refractivity contribution is -0.139. The van der Waals surface area contributed by atoms with Crippen LogP contribution in [0.15, 0.2) is 5.16 Å². The van der Waals surface area contributed by atoms with Crippen molar-refractivity contribution in [3.8, 4) is 0 Å². The van der Waals surface area contributed by atoms with Gasteiger partial charge in [-0.15, -0.1) is 0 Å². The van der Waals surface area contributed by atoms with E-state index in [-0.39, 0.29) is 23.6 Å². The van der Waals surface area contributed by atoms with Gasteiger partial charge in [0.1, 0.15) is 5.84 Å². The molecule has 0 aromatic rings. The summed E-state index contributed by atoms with van der Waals surface area (Å²) in [5.41, 5.74) is 5.54. The Kier molecular flexibility index (Phi) is 5.91. The average molecular weight is 257 g/mol. The Morgan fingerprint density at radius 3 is 2.89 bits per heavy atom. The van der Waals surface area contributed by atoms with E-state index in [2.05, 4.69) is 5.16 Å². The first-order valence-electron chi connectivity index (χ1n) is 6.44. The van der Waals surface area contributed by atoms with E-state index >= 15 is 0 Å². The van der Waals surface area contributed by atoms with Gasteiger partial charge in [0.15, 0.2) is 0 Å². The summed E-state index contributed by atoms with van der Waals surface area (Å²) in [5.74, 6) is 0.0672. The van der Waals surface area contributed by atoms with E-state index in [1.54, 1.807) is 4.90 Å². The van der Waals surface area contributed by atoms with Crippen LogP contribution in [0.4, 0.5) is 0 Å². The van der Waals surface area contributed by atoms with Gasteiger partial charge in [-0.2, -0.15) is 0 Å². The molecule has 0 aromatic heterocycles. The molecule has 1 fully saturated rings. The molecule has 1 heterocycles. The SMILES string of the molecule is CCN(CC(C)C(N)=NO)C(=O)C1CCCOC1. The lowest BCUT2D eigenvalue weighted by Crippen LogP contribution is -2.43. The number of carbonyl (C=O) groups excluding carboxylic acids is 1. The molecule has 0 aromatic carbocycles. The van der Waals surface area contributed by atoms with Crippen molar-refractivity contribution in [2.24, 2.45) is 22.7 Å². The van der Waals surface area contributed by atoms with Crippen LogP contribution in [-0.2, 0) is 9.53 Å². The van der Waals surface area contributed by atoms with Crippen LogP contribution in [0.3, 0.4) is 0 Å². The second-order valence-corrected chi connectivity index (χ2v) is 4.72. The fraction of sp³-hybridized carbons (Fsp3) is 0.833. The highest BCUT2D eigenvalue weighted by Crippen LogP contribution is 2.17. The largest absolute Gasteiger partial charge is 0.409 e. The molecule has 1 saturated heterocycles. The Bertz CT molecular complexity index is 301. The number of amides is 1. The maximum absolute atomic E-state index is 12.3. The molecular weight excluding hydrogens is 234 g/mol. The van der Waals surface area contributed by atoms with E-state index in [1.807, 2.05) is 13.8 Å². The summed E-state index contributed by atoms with van der Waals surface area (Å²) in [6, 6.07) is 0. The van der Waals surface area contributed by atoms with E-state index < -0.39 is 0 Å². The highest BCUT2D eigenvalue weighted by molar-refractivity contribution is 5.83. The van der Waals surface area contributed by atoms with E-state index in [0.717, 1.165) is 19.4 Å². The summed E-state index contributed by atoms with van der Waals surface area (Å²) in [6.07, 6.45) is 1.82. The third-order valence-corrected chi connectivity index (χ3v) is 3.32. The van der Waals surface area contributed by atoms with Crippen LogP contribution in [0.1, 0.15) is 26.7 Å². The zero-order valence-electron chi connectivity index (χ0n) is 11.1. The van der Waals surface area contributed by atoms with Crippen LogP contribution < -0.4 is 5.73 Å². The Morgan fingerprint density at radius 1 is 1.67 bits per heavy atom. The van der Waals surface area contributed by atoms with Gasteiger partial charge in [0.05, 0.1) is 12.5 Å². The third-order valence-electron chi connectivity index (χ3n) is 3.32. The third kappa shape index (κ3) is 3.87. The lowest BCUT2D eigenvalue weighted by Gasteiger charge is -2.30. The molecule has 0 aliphatic carbocycles. The van der Waals surface area contributed by atoms with Crippen molar-refractivity contribution < 1.29 is 14.7 Å². The number of oxime groups is 1. The minimum atomic E-state index is -0.150. The number of ether oxygens (including phenoxy) is 1. The number of nitrogens with two attached hydrogens (primary N) is 1. The molecule has 3 N–H and O–H groups in total. The van der Waals surface area contributed by atoms with E-state index in [0.29, 0.717) is 19.7 Å². The summed E-state index contributed by atoms with van der Waals surface area (Å²) >= 11 is 0. The van der Waals surface area contributed by atoms with Crippen LogP contribution in [0, 0.1) is 11.8 Å². The molecule has 0 saturated carbocycles. The van der Waals surface area contributed by atoms with Gasteiger partial charge in [0.25, 0.3) is 0 Å². The van der Waals surface area contributed by atoms with Crippen molar-refractivity contribution in [1.29, 1.82) is 0 Å². The number of rotatable bonds is 5. The zero-order chi connectivity index (χ0) is 13.5. The maximum Gasteiger partial charge on any atom is 0.228 e. The fourth-order valence-corrected chi connectivity index (χ4v) is 2.09. The molecular formula is C12H23N3O3. The highest BCUT2D eigenvalue weighted by atomic mass is 16.5. The predicted molar refractivity (Wildman–Crippen MR) is 68.4 cm³/mol. The molecule has 6 heteroatoms. The quantitative estimate of drug-likeness (QED) is 0.327. The van der Waals surface area contributed by atoms with Gasteiger partial charge in [-0.25, -0.2) is 0 Å². The minimum absolute atomic E-state index is 0.0433. The molecule has 1 aliphatic heterocycles. The van der Waals surface area contributed by atoms with Crippen LogP contribution in [0.5, 0.6) is 0 Å². The number of hydrogen-bond donors (Lipinski definition) is 2. The summed E-state index contributed by atoms with van der Waals surface area (Å²) in [6.45, 7) is 6.12. The van der Waals surface area contributed by atoms with Gasteiger partial charge in [-0.05, 0) is 19.8 Å². The summed E-state index contributed by atoms with van der Waals surface area (Å²) in [5, 5.41) is 11.6. The van der Waals surface area contributed by atoms with Gasteiger partial charge >= 0.3 is 0 Å². The van der Waals surface area contributed by atoms with Crippen molar-refractivity contribution in [2.75, 3.05) is 26.3 Å². The first kappa shape index (κ1) is 14.8. The summed E-state index contributed by atoms with van der Waals surface area (Å²) in [7, 11) is 0. The molecule has 2 atom stereocenters. The van der Waals surface area contributed by atoms with Gasteiger partial charge in [0, 0.05) is 25.6 Å². The van der Waals surface area contributed by atoms with Crippen LogP contribution in [0.2, 0.25) is 0 Å². The monoisotopic (exact) mass is 257 g/mol. The first-order chi connectivity index (χ1) is 8.60. The van der Waals surface area contributed by atoms with Gasteiger partial charge < -0.3 is 20.6 Å². The molecule has 0 spiro atoms. The predicted octanol–water partition coefficient (Wildman–Crippen LogP) is 0.644. The number of hydrogen-bond acceptors (Lipinski definition) is 4. The van der Waals surface area contributed by atoms with Gasteiger partial charge in [0.2, 0.25) is 5.91 Å². The maximum atomic E-state index is 12.3. The molecule has 1 rings (SSSR count). The number of amidine groups is 1. The molecule has 2 unspecified atom stereocenters. The summed E-state index contributed by atoms with van der Waals surface area (Å²) in [4.78, 5) is 14.0. The highest BCUT2D eigenvalue weighted by Gasteiger charge is 2.27. The van der Waals surface area contributed by atoms with Crippen LogP contribution in [-0.4, -0.2) is 48.2 Å². The van der Waals surface area contributed by atoms with E-state index in [4.69, 9.17) is 15.7 Å². The Morgan fingerprint density at radius 2 is 2.39 bits per heavy atom. The summed E-state index contributed by atoms with van der Waals surface area (Å²) < 4.78 is 5.34. The second-order valence-electron chi connectivity index (χ2n) is 4.72. The average Bonchev–Trinajstić information content (AvgIpc) is 2.43. The van der Waals surface area contributed by atoms with Crippen molar-refractivity contribution in [2.45, 2.75) is 26.7 Å². The Hall–Kier alpha value is -1.30. The van der Waals surface area contributed by atoms with Crippen molar-refractivity contribution >= 4 is 11.7 Å². The van der Waals surface area contributed by atoms with Crippen molar-refractivity contribution in [1.82, 2.24) is 4.90 Å². The lowest BCUT2D eigenvalue weighted by atomic mass is 10.00. The second kappa shape index (κ2) is 7.20. The molecule has 1 amide bonds. The standard InChI is InChI=1S/C12H23N3O3/c1-3-15(7-9(2)11(13)14-17)12(16)10-5-4-6-18-8-10/h9-10,17H,3-8H2,1-2H3,(H2,13,14). The van der Waals surface area contributed by atoms with Gasteiger partial charge in [-0.3, -0.25) is 4.79 Å². The van der Waals surface area contributed by atoms with Crippen LogP contribution >= 0.6 is 0 Å². The topological polar surface area (TPSA) is 88.1 Å². The Labute approximate surface area is 108 Å². The molecule has 0 bridgehead atoms. The normalized spacial score (nSPS) is 22.6.